The first kappa shape index (κ1) is 16.0. The summed E-state index contributed by atoms with van der Waals surface area (Å²) in [6.07, 6.45) is 3.48. The summed E-state index contributed by atoms with van der Waals surface area (Å²) in [4.78, 5) is 4.05. The molecule has 2 aromatic heterocycles. The van der Waals surface area contributed by atoms with Gasteiger partial charge in [-0.2, -0.15) is 9.46 Å². The van der Waals surface area contributed by atoms with Crippen molar-refractivity contribution in [3.8, 4) is 0 Å². The number of aliphatic hydroxyl groups is 1. The average Bonchev–Trinajstić information content (AvgIpc) is 2.45. The predicted molar refractivity (Wildman–Crippen MR) is 74.2 cm³/mol. The normalized spacial score (nSPS) is 10.8. The lowest BCUT2D eigenvalue weighted by Crippen LogP contribution is -2.25. The van der Waals surface area contributed by atoms with Gasteiger partial charge in [0.05, 0.1) is 0 Å². The van der Waals surface area contributed by atoms with Gasteiger partial charge in [0, 0.05) is 31.5 Å². The third-order valence-corrected chi connectivity index (χ3v) is 2.48. The second-order valence-corrected chi connectivity index (χ2v) is 4.10. The lowest BCUT2D eigenvalue weighted by molar-refractivity contribution is -0.603. The summed E-state index contributed by atoms with van der Waals surface area (Å²) < 4.78 is 1.55. The van der Waals surface area contributed by atoms with Crippen molar-refractivity contribution in [3.63, 3.8) is 0 Å². The fourth-order valence-corrected chi connectivity index (χ4v) is 1.35. The summed E-state index contributed by atoms with van der Waals surface area (Å²) in [5.74, 6) is 0. The molecule has 7 heteroatoms. The van der Waals surface area contributed by atoms with E-state index >= 15 is 0 Å². The monoisotopic (exact) mass is 297 g/mol. The zero-order valence-electron chi connectivity index (χ0n) is 10.8. The van der Waals surface area contributed by atoms with Gasteiger partial charge >= 0.3 is 0 Å². The summed E-state index contributed by atoms with van der Waals surface area (Å²) in [5.41, 5.74) is 0.506. The molecule has 0 aliphatic rings. The van der Waals surface area contributed by atoms with Crippen LogP contribution in [0.4, 0.5) is 0 Å². The highest BCUT2D eigenvalue weighted by Gasteiger charge is 1.92. The molecule has 0 fully saturated rings. The van der Waals surface area contributed by atoms with Crippen LogP contribution in [-0.4, -0.2) is 28.2 Å². The first-order valence-corrected chi connectivity index (χ1v) is 6.35. The summed E-state index contributed by atoms with van der Waals surface area (Å²) in [5, 5.41) is 28.3. The van der Waals surface area contributed by atoms with Crippen molar-refractivity contribution in [2.24, 2.45) is 4.99 Å². The Labute approximate surface area is 121 Å². The van der Waals surface area contributed by atoms with E-state index in [4.69, 9.17) is 16.7 Å². The quantitative estimate of drug-likeness (QED) is 0.291. The van der Waals surface area contributed by atoms with Gasteiger partial charge in [-0.15, -0.1) is 0 Å². The Morgan fingerprint density at radius 1 is 1.25 bits per heavy atom. The van der Waals surface area contributed by atoms with Crippen molar-refractivity contribution in [3.05, 3.63) is 64.6 Å². The molecule has 0 saturated carbocycles. The van der Waals surface area contributed by atoms with Crippen LogP contribution < -0.4 is 10.2 Å². The van der Waals surface area contributed by atoms with Crippen molar-refractivity contribution in [2.75, 3.05) is 13.2 Å². The molecule has 0 atom stereocenters. The molecule has 0 amide bonds. The minimum atomic E-state index is 0.127. The number of halogens is 1. The van der Waals surface area contributed by atoms with Crippen LogP contribution in [0.3, 0.4) is 0 Å². The van der Waals surface area contributed by atoms with E-state index < -0.39 is 0 Å². The van der Waals surface area contributed by atoms with Gasteiger partial charge in [0.15, 0.2) is 11.7 Å². The van der Waals surface area contributed by atoms with E-state index in [1.165, 1.54) is 18.5 Å². The van der Waals surface area contributed by atoms with Crippen molar-refractivity contribution < 1.29 is 15.0 Å². The predicted octanol–water partition coefficient (Wildman–Crippen LogP) is 0.982. The highest BCUT2D eigenvalue weighted by atomic mass is 35.5. The molecule has 0 aromatic carbocycles. The fraction of sp³-hybridized carbons (Fsp3) is 0.231. The molecular formula is C13H16ClN3O3. The molecule has 2 rings (SSSR count). The van der Waals surface area contributed by atoms with Crippen LogP contribution in [-0.2, 0) is 0 Å². The van der Waals surface area contributed by atoms with Gasteiger partial charge in [0.2, 0.25) is 0 Å². The van der Waals surface area contributed by atoms with Crippen LogP contribution in [0.25, 0.3) is 0 Å². The Kier molecular flexibility index (Phi) is 7.16. The molecule has 6 nitrogen and oxygen atoms in total. The van der Waals surface area contributed by atoms with Crippen LogP contribution >= 0.6 is 11.6 Å². The van der Waals surface area contributed by atoms with Gasteiger partial charge in [-0.25, -0.2) is 0 Å². The molecule has 0 spiro atoms. The summed E-state index contributed by atoms with van der Waals surface area (Å²) in [7, 11) is 0. The summed E-state index contributed by atoms with van der Waals surface area (Å²) in [6, 6.07) is 10.1. The third-order valence-electron chi connectivity index (χ3n) is 2.19. The molecule has 0 aliphatic carbocycles. The Hall–Kier alpha value is -2.05. The van der Waals surface area contributed by atoms with E-state index in [1.807, 2.05) is 0 Å². The lowest BCUT2D eigenvalue weighted by atomic mass is 10.4. The summed E-state index contributed by atoms with van der Waals surface area (Å²) >= 11 is 5.36. The highest BCUT2D eigenvalue weighted by molar-refractivity contribution is 6.28. The maximum Gasteiger partial charge on any atom is 0.286 e. The number of hydrogen-bond donors (Lipinski definition) is 2. The first-order chi connectivity index (χ1) is 9.65. The van der Waals surface area contributed by atoms with E-state index in [9.17, 15) is 10.4 Å². The Balaban J connectivity index is 0.000000217. The largest absolute Gasteiger partial charge is 0.618 e. The molecule has 20 heavy (non-hydrogen) atoms. The number of pyridine rings is 2. The van der Waals surface area contributed by atoms with Gasteiger partial charge in [-0.1, -0.05) is 6.07 Å². The zero-order chi connectivity index (χ0) is 14.8. The topological polar surface area (TPSA) is 84.7 Å². The first-order valence-electron chi connectivity index (χ1n) is 5.97. The zero-order valence-corrected chi connectivity index (χ0v) is 11.5. The molecule has 0 radical (unpaired) electrons. The lowest BCUT2D eigenvalue weighted by Gasteiger charge is -1.96. The molecule has 2 N–H and O–H groups in total. The number of aromatic nitrogens is 2. The van der Waals surface area contributed by atoms with Crippen LogP contribution in [0, 0.1) is 5.21 Å². The Morgan fingerprint density at radius 2 is 2.00 bits per heavy atom. The van der Waals surface area contributed by atoms with Crippen molar-refractivity contribution in [1.29, 1.82) is 0 Å². The minimum Gasteiger partial charge on any atom is -0.618 e. The van der Waals surface area contributed by atoms with Crippen LogP contribution in [0.1, 0.15) is 6.42 Å². The Morgan fingerprint density at radius 3 is 2.55 bits per heavy atom. The molecule has 108 valence electrons. The van der Waals surface area contributed by atoms with E-state index in [-0.39, 0.29) is 11.8 Å². The van der Waals surface area contributed by atoms with Crippen molar-refractivity contribution >= 4 is 11.6 Å². The number of rotatable bonds is 3. The standard InChI is InChI=1S/C8H12N2O2.C5H4ClNO/c11-7-3-5-9-8-4-1-2-6-10(8)12;6-5-3-1-2-4-7(5)8/h1-2,4,6,11-12H,3,5,7H2;1-4H. The van der Waals surface area contributed by atoms with Crippen molar-refractivity contribution in [2.45, 2.75) is 6.42 Å². The number of nitrogens with zero attached hydrogens (tertiary/aromatic N) is 3. The molecule has 0 aliphatic heterocycles. The number of aliphatic hydroxyl groups excluding tert-OH is 1. The van der Waals surface area contributed by atoms with E-state index in [1.54, 1.807) is 30.3 Å². The molecule has 0 unspecified atom stereocenters. The summed E-state index contributed by atoms with van der Waals surface area (Å²) in [6.45, 7) is 0.656. The van der Waals surface area contributed by atoms with Gasteiger partial charge < -0.3 is 15.5 Å². The van der Waals surface area contributed by atoms with Crippen molar-refractivity contribution in [1.82, 2.24) is 4.73 Å². The maximum absolute atomic E-state index is 10.4. The Bertz CT molecular complexity index is 566. The van der Waals surface area contributed by atoms with E-state index in [2.05, 4.69) is 4.99 Å². The third kappa shape index (κ3) is 5.73. The molecule has 2 heterocycles. The maximum atomic E-state index is 10.4. The smallest absolute Gasteiger partial charge is 0.286 e. The molecule has 2 aromatic rings. The van der Waals surface area contributed by atoms with Gasteiger partial charge in [0.25, 0.3) is 5.15 Å². The van der Waals surface area contributed by atoms with Crippen LogP contribution in [0.15, 0.2) is 53.8 Å². The van der Waals surface area contributed by atoms with E-state index in [0.717, 1.165) is 4.73 Å². The minimum absolute atomic E-state index is 0.127. The second kappa shape index (κ2) is 8.95. The van der Waals surface area contributed by atoms with E-state index in [0.29, 0.717) is 23.2 Å². The van der Waals surface area contributed by atoms with Crippen LogP contribution in [0.5, 0.6) is 0 Å². The highest BCUT2D eigenvalue weighted by Crippen LogP contribution is 1.96. The average molecular weight is 298 g/mol. The van der Waals surface area contributed by atoms with Gasteiger partial charge in [0.1, 0.15) is 0 Å². The fourth-order valence-electron chi connectivity index (χ4n) is 1.22. The SMILES string of the molecule is OCCCN=c1ccccn1O.[O-][n+]1ccccc1Cl. The van der Waals surface area contributed by atoms with Crippen LogP contribution in [0.2, 0.25) is 5.15 Å². The van der Waals surface area contributed by atoms with Gasteiger partial charge in [-0.05, 0) is 36.2 Å². The number of hydrogen-bond acceptors (Lipinski definition) is 4. The molecule has 0 bridgehead atoms. The van der Waals surface area contributed by atoms with Gasteiger partial charge in [-0.3, -0.25) is 4.99 Å². The second-order valence-electron chi connectivity index (χ2n) is 3.71. The molecular weight excluding hydrogens is 282 g/mol. The molecule has 0 saturated heterocycles.